The molecule has 1 aromatic rings. The minimum atomic E-state index is -1.95. The molecular formula is C37H65IO5Si2. The number of halogens is 1. The van der Waals surface area contributed by atoms with E-state index in [9.17, 15) is 0 Å². The third kappa shape index (κ3) is 14.1. The van der Waals surface area contributed by atoms with Gasteiger partial charge in [0.25, 0.3) is 0 Å². The molecule has 0 aliphatic rings. The summed E-state index contributed by atoms with van der Waals surface area (Å²) in [6.07, 6.45) is 9.47. The average Bonchev–Trinajstić information content (AvgIpc) is 3.00. The molecule has 1 unspecified atom stereocenters. The quantitative estimate of drug-likeness (QED) is 0.0539. The van der Waals surface area contributed by atoms with E-state index in [-0.39, 0.29) is 35.2 Å². The van der Waals surface area contributed by atoms with E-state index < -0.39 is 16.6 Å². The number of hydrogen-bond donors (Lipinski definition) is 0. The Morgan fingerprint density at radius 1 is 0.933 bits per heavy atom. The minimum absolute atomic E-state index is 0.0141. The lowest BCUT2D eigenvalue weighted by molar-refractivity contribution is -0.0262. The zero-order valence-corrected chi connectivity index (χ0v) is 34.9. The first-order valence-electron chi connectivity index (χ1n) is 16.8. The van der Waals surface area contributed by atoms with Crippen molar-refractivity contribution in [1.29, 1.82) is 0 Å². The lowest BCUT2D eigenvalue weighted by Gasteiger charge is -2.41. The Bertz CT molecular complexity index is 1040. The molecule has 0 heterocycles. The first-order valence-corrected chi connectivity index (χ1v) is 23.5. The van der Waals surface area contributed by atoms with Gasteiger partial charge in [0.15, 0.2) is 16.6 Å². The third-order valence-electron chi connectivity index (χ3n) is 9.73. The molecule has 8 heteroatoms. The van der Waals surface area contributed by atoms with Crippen LogP contribution in [0.15, 0.2) is 58.2 Å². The molecule has 0 bridgehead atoms. The van der Waals surface area contributed by atoms with Crippen molar-refractivity contribution < 1.29 is 23.1 Å². The lowest BCUT2D eigenvalue weighted by Crippen LogP contribution is -2.47. The van der Waals surface area contributed by atoms with Crippen LogP contribution in [-0.4, -0.2) is 55.8 Å². The van der Waals surface area contributed by atoms with E-state index in [0.717, 1.165) is 35.9 Å². The van der Waals surface area contributed by atoms with Gasteiger partial charge in [-0.05, 0) is 71.4 Å². The number of benzene rings is 1. The van der Waals surface area contributed by atoms with Gasteiger partial charge in [-0.15, -0.1) is 0 Å². The second-order valence-corrected chi connectivity index (χ2v) is 24.3. The van der Waals surface area contributed by atoms with E-state index in [1.165, 1.54) is 5.57 Å². The molecule has 0 aliphatic heterocycles. The van der Waals surface area contributed by atoms with E-state index >= 15 is 0 Å². The lowest BCUT2D eigenvalue weighted by atomic mass is 9.88. The van der Waals surface area contributed by atoms with Crippen molar-refractivity contribution in [2.75, 3.05) is 20.8 Å². The van der Waals surface area contributed by atoms with Gasteiger partial charge in [0.2, 0.25) is 0 Å². The molecule has 0 spiro atoms. The van der Waals surface area contributed by atoms with Gasteiger partial charge >= 0.3 is 0 Å². The summed E-state index contributed by atoms with van der Waals surface area (Å²) in [5, 5.41) is 0.143. The molecule has 258 valence electrons. The predicted octanol–water partition coefficient (Wildman–Crippen LogP) is 11.1. The van der Waals surface area contributed by atoms with Crippen molar-refractivity contribution in [3.05, 3.63) is 63.8 Å². The maximum atomic E-state index is 7.25. The van der Waals surface area contributed by atoms with E-state index in [4.69, 9.17) is 23.1 Å². The number of ether oxygens (including phenoxy) is 3. The van der Waals surface area contributed by atoms with Gasteiger partial charge in [-0.3, -0.25) is 0 Å². The van der Waals surface area contributed by atoms with Gasteiger partial charge in [-0.2, -0.15) is 0 Å². The molecule has 0 N–H and O–H groups in total. The van der Waals surface area contributed by atoms with Gasteiger partial charge in [0.05, 0.1) is 38.6 Å². The molecule has 0 aliphatic carbocycles. The van der Waals surface area contributed by atoms with Gasteiger partial charge in [-0.25, -0.2) is 0 Å². The first kappa shape index (κ1) is 42.3. The maximum absolute atomic E-state index is 7.25. The van der Waals surface area contributed by atoms with Crippen LogP contribution in [0.1, 0.15) is 74.3 Å². The van der Waals surface area contributed by atoms with Crippen LogP contribution in [0.25, 0.3) is 0 Å². The normalized spacial score (nSPS) is 17.1. The molecule has 0 saturated heterocycles. The van der Waals surface area contributed by atoms with Crippen LogP contribution in [0.4, 0.5) is 0 Å². The summed E-state index contributed by atoms with van der Waals surface area (Å²) >= 11 is 2.26. The summed E-state index contributed by atoms with van der Waals surface area (Å²) < 4.78 is 33.9. The zero-order chi connectivity index (χ0) is 34.3. The van der Waals surface area contributed by atoms with Crippen molar-refractivity contribution in [2.24, 2.45) is 11.8 Å². The highest BCUT2D eigenvalue weighted by atomic mass is 127. The molecular weight excluding hydrogens is 707 g/mol. The Morgan fingerprint density at radius 3 is 2.02 bits per heavy atom. The minimum Gasteiger partial charge on any atom is -0.497 e. The van der Waals surface area contributed by atoms with E-state index in [0.29, 0.717) is 13.2 Å². The largest absolute Gasteiger partial charge is 0.497 e. The molecule has 0 aromatic heterocycles. The smallest absolute Gasteiger partial charge is 0.192 e. The summed E-state index contributed by atoms with van der Waals surface area (Å²) in [6, 6.07) is 11.4. The molecule has 5 atom stereocenters. The van der Waals surface area contributed by atoms with Crippen molar-refractivity contribution in [3.63, 3.8) is 0 Å². The van der Waals surface area contributed by atoms with Gasteiger partial charge in [0, 0.05) is 18.9 Å². The first-order chi connectivity index (χ1) is 21.1. The number of hydrogen-bond acceptors (Lipinski definition) is 5. The fraction of sp³-hybridized carbons (Fsp3) is 0.676. The van der Waals surface area contributed by atoms with Crippen molar-refractivity contribution in [3.8, 4) is 5.75 Å². The molecule has 1 rings (SSSR count). The van der Waals surface area contributed by atoms with E-state index in [1.54, 1.807) is 7.11 Å². The highest BCUT2D eigenvalue weighted by Crippen LogP contribution is 2.38. The molecule has 0 amide bonds. The second-order valence-electron chi connectivity index (χ2n) is 14.1. The maximum Gasteiger partial charge on any atom is 0.192 e. The highest BCUT2D eigenvalue weighted by Gasteiger charge is 2.40. The Hall–Kier alpha value is -0.756. The molecule has 45 heavy (non-hydrogen) atoms. The number of methoxy groups -OCH3 is 2. The number of rotatable bonds is 21. The Balaban J connectivity index is 3.24. The standard InChI is InChI=1S/C37H65IO5Si2/c1-14-45(15-2,16-3)43-36(30(5)27-41-28-32-20-22-33(39-10)23-21-32)31(6)35(40-11)26-29(4)25-34(19-17-18-24-38)42-44(12,13)37(7,8)9/h17-24,26,30-31,34-36H,14-16,25,27-28H2,1-13H3/b19-17+,24-18+,29-26+/t30-,31-,34?,35-,36-/m0/s1. The van der Waals surface area contributed by atoms with Crippen LogP contribution in [0, 0.1) is 11.8 Å². The summed E-state index contributed by atoms with van der Waals surface area (Å²) in [7, 11) is -0.322. The molecule has 0 radical (unpaired) electrons. The van der Waals surface area contributed by atoms with Gasteiger partial charge in [0.1, 0.15) is 5.75 Å². The fourth-order valence-corrected chi connectivity index (χ4v) is 9.97. The summed E-state index contributed by atoms with van der Waals surface area (Å²) in [6.45, 7) is 26.4. The van der Waals surface area contributed by atoms with Crippen molar-refractivity contribution in [1.82, 2.24) is 0 Å². The van der Waals surface area contributed by atoms with Gasteiger partial charge < -0.3 is 23.1 Å². The Labute approximate surface area is 293 Å². The monoisotopic (exact) mass is 772 g/mol. The van der Waals surface area contributed by atoms with Crippen LogP contribution < -0.4 is 4.74 Å². The van der Waals surface area contributed by atoms with Crippen LogP contribution in [0.3, 0.4) is 0 Å². The summed E-state index contributed by atoms with van der Waals surface area (Å²) in [5.74, 6) is 1.21. The van der Waals surface area contributed by atoms with Crippen LogP contribution in [0.5, 0.6) is 5.75 Å². The third-order valence-corrected chi connectivity index (χ3v) is 19.3. The molecule has 1 aromatic carbocycles. The second kappa shape index (κ2) is 20.6. The number of allylic oxidation sites excluding steroid dienone is 2. The fourth-order valence-electron chi connectivity index (χ4n) is 5.43. The molecule has 0 fully saturated rings. The molecule has 5 nitrogen and oxygen atoms in total. The van der Waals surface area contributed by atoms with Crippen LogP contribution in [-0.2, 0) is 24.9 Å². The topological polar surface area (TPSA) is 46.2 Å². The van der Waals surface area contributed by atoms with Gasteiger partial charge in [-0.1, -0.05) is 120 Å². The van der Waals surface area contributed by atoms with Crippen LogP contribution >= 0.6 is 22.6 Å². The zero-order valence-electron chi connectivity index (χ0n) is 30.7. The SMILES string of the molecule is CC[Si](CC)(CC)O[C@H]([C@@H](C)[C@H](/C=C(\C)CC(/C=C/C=C/I)O[Si](C)(C)C(C)(C)C)OC)[C@@H](C)COCc1ccc(OC)cc1. The molecule has 0 saturated carbocycles. The Morgan fingerprint density at radius 2 is 1.53 bits per heavy atom. The van der Waals surface area contributed by atoms with Crippen LogP contribution in [0.2, 0.25) is 36.3 Å². The van der Waals surface area contributed by atoms with E-state index in [2.05, 4.69) is 134 Å². The summed E-state index contributed by atoms with van der Waals surface area (Å²) in [4.78, 5) is 0. The highest BCUT2D eigenvalue weighted by molar-refractivity contribution is 14.1. The Kier molecular flexibility index (Phi) is 19.3. The van der Waals surface area contributed by atoms with Crippen molar-refractivity contribution in [2.45, 2.75) is 130 Å². The average molecular weight is 773 g/mol. The summed E-state index contributed by atoms with van der Waals surface area (Å²) in [5.41, 5.74) is 2.41. The van der Waals surface area contributed by atoms with E-state index in [1.807, 2.05) is 23.3 Å². The predicted molar refractivity (Wildman–Crippen MR) is 207 cm³/mol. The van der Waals surface area contributed by atoms with Crippen molar-refractivity contribution >= 4 is 39.2 Å².